The minimum Gasteiger partial charge on any atom is -0.456 e. The standard InChI is InChI=1S/C17H16ClN3OS/c1-3-12-14(7-10(2)19)22-17-13(8-15(18)21-16(12)17)20-9-11-5-4-6-23-11/h1,4-6,8,10H,7,9,19H2,2H3,(H,20,21)/i2D3. The molecule has 3 rings (SSSR count). The molecule has 0 aliphatic heterocycles. The predicted molar refractivity (Wildman–Crippen MR) is 96.0 cm³/mol. The van der Waals surface area contributed by atoms with Crippen LogP contribution in [0.15, 0.2) is 28.0 Å². The minimum absolute atomic E-state index is 0.0195. The number of hydrogen-bond acceptors (Lipinski definition) is 5. The van der Waals surface area contributed by atoms with Crippen LogP contribution in [0.25, 0.3) is 11.1 Å². The Morgan fingerprint density at radius 2 is 2.52 bits per heavy atom. The molecule has 0 aromatic carbocycles. The smallest absolute Gasteiger partial charge is 0.177 e. The first-order chi connectivity index (χ1) is 12.3. The molecule has 1 atom stereocenters. The Kier molecular flexibility index (Phi) is 3.58. The predicted octanol–water partition coefficient (Wildman–Crippen LogP) is 4.03. The Hall–Kier alpha value is -2.00. The van der Waals surface area contributed by atoms with Crippen LogP contribution in [-0.4, -0.2) is 11.0 Å². The molecule has 0 saturated carbocycles. The number of halogens is 1. The van der Waals surface area contributed by atoms with E-state index in [0.29, 0.717) is 34.7 Å². The molecule has 118 valence electrons. The fourth-order valence-corrected chi connectivity index (χ4v) is 3.14. The molecular weight excluding hydrogens is 330 g/mol. The molecule has 3 N–H and O–H groups in total. The van der Waals surface area contributed by atoms with Crippen molar-refractivity contribution in [1.29, 1.82) is 0 Å². The maximum atomic E-state index is 7.44. The molecule has 0 fully saturated rings. The lowest BCUT2D eigenvalue weighted by molar-refractivity contribution is 0.524. The van der Waals surface area contributed by atoms with E-state index in [4.69, 9.17) is 32.3 Å². The minimum atomic E-state index is -2.31. The molecule has 3 aromatic heterocycles. The third kappa shape index (κ3) is 3.35. The zero-order chi connectivity index (χ0) is 18.9. The summed E-state index contributed by atoms with van der Waals surface area (Å²) < 4.78 is 28.2. The second-order valence-electron chi connectivity index (χ2n) is 4.96. The van der Waals surface area contributed by atoms with Crippen LogP contribution in [0.2, 0.25) is 5.15 Å². The van der Waals surface area contributed by atoms with Crippen LogP contribution in [0.5, 0.6) is 0 Å². The Morgan fingerprint density at radius 3 is 3.22 bits per heavy atom. The van der Waals surface area contributed by atoms with Gasteiger partial charge in [0.25, 0.3) is 0 Å². The van der Waals surface area contributed by atoms with Gasteiger partial charge in [-0.05, 0) is 18.3 Å². The van der Waals surface area contributed by atoms with E-state index in [1.807, 2.05) is 17.5 Å². The van der Waals surface area contributed by atoms with Gasteiger partial charge in [-0.25, -0.2) is 4.98 Å². The number of rotatable bonds is 5. The van der Waals surface area contributed by atoms with Crippen molar-refractivity contribution in [2.45, 2.75) is 25.9 Å². The molecule has 0 saturated heterocycles. The Labute approximate surface area is 147 Å². The number of thiophene rings is 1. The maximum absolute atomic E-state index is 7.44. The van der Waals surface area contributed by atoms with Crippen LogP contribution in [0.3, 0.4) is 0 Å². The highest BCUT2D eigenvalue weighted by Gasteiger charge is 2.19. The Bertz CT molecular complexity index is 960. The molecule has 3 aromatic rings. The normalized spacial score (nSPS) is 14.7. The number of fused-ring (bicyclic) bond motifs is 1. The van der Waals surface area contributed by atoms with Gasteiger partial charge in [0.05, 0.1) is 11.3 Å². The summed E-state index contributed by atoms with van der Waals surface area (Å²) in [5.41, 5.74) is 7.64. The maximum Gasteiger partial charge on any atom is 0.177 e. The molecule has 1 unspecified atom stereocenters. The summed E-state index contributed by atoms with van der Waals surface area (Å²) in [4.78, 5) is 5.39. The van der Waals surface area contributed by atoms with Crippen LogP contribution in [-0.2, 0) is 13.0 Å². The summed E-state index contributed by atoms with van der Waals surface area (Å²) in [5.74, 6) is 2.84. The number of terminal acetylenes is 1. The van der Waals surface area contributed by atoms with Gasteiger partial charge in [0.1, 0.15) is 16.4 Å². The number of aromatic nitrogens is 1. The van der Waals surface area contributed by atoms with E-state index in [1.165, 1.54) is 0 Å². The molecule has 0 radical (unpaired) electrons. The van der Waals surface area contributed by atoms with Gasteiger partial charge < -0.3 is 15.5 Å². The molecule has 0 spiro atoms. The number of furan rings is 1. The quantitative estimate of drug-likeness (QED) is 0.540. The zero-order valence-electron chi connectivity index (χ0n) is 15.1. The molecule has 0 bridgehead atoms. The van der Waals surface area contributed by atoms with Crippen molar-refractivity contribution in [2.24, 2.45) is 5.73 Å². The van der Waals surface area contributed by atoms with E-state index in [9.17, 15) is 0 Å². The molecule has 6 heteroatoms. The number of pyridine rings is 1. The first-order valence-corrected chi connectivity index (χ1v) is 8.15. The number of nitrogens with one attached hydrogen (secondary N) is 1. The van der Waals surface area contributed by atoms with Gasteiger partial charge in [-0.1, -0.05) is 23.6 Å². The van der Waals surface area contributed by atoms with Crippen LogP contribution < -0.4 is 11.1 Å². The van der Waals surface area contributed by atoms with Gasteiger partial charge >= 0.3 is 0 Å². The fraction of sp³-hybridized carbons (Fsp3) is 0.235. The number of hydrogen-bond donors (Lipinski definition) is 2. The van der Waals surface area contributed by atoms with E-state index >= 15 is 0 Å². The third-order valence-corrected chi connectivity index (χ3v) is 4.34. The van der Waals surface area contributed by atoms with E-state index in [0.717, 1.165) is 4.88 Å². The highest BCUT2D eigenvalue weighted by atomic mass is 35.5. The molecular formula is C17H16ClN3OS. The highest BCUT2D eigenvalue weighted by molar-refractivity contribution is 7.09. The van der Waals surface area contributed by atoms with Crippen molar-refractivity contribution in [1.82, 2.24) is 4.98 Å². The van der Waals surface area contributed by atoms with Gasteiger partial charge in [0.15, 0.2) is 5.58 Å². The summed E-state index contributed by atoms with van der Waals surface area (Å²) in [6.45, 7) is -1.72. The van der Waals surface area contributed by atoms with Crippen molar-refractivity contribution in [3.63, 3.8) is 0 Å². The monoisotopic (exact) mass is 348 g/mol. The molecule has 0 aliphatic carbocycles. The van der Waals surface area contributed by atoms with Crippen molar-refractivity contribution in [3.05, 3.63) is 44.9 Å². The first-order valence-electron chi connectivity index (χ1n) is 8.40. The molecule has 4 nitrogen and oxygen atoms in total. The number of nitrogens with two attached hydrogens (primary N) is 1. The number of nitrogens with zero attached hydrogens (tertiary/aromatic N) is 1. The van der Waals surface area contributed by atoms with Crippen molar-refractivity contribution >= 4 is 39.7 Å². The van der Waals surface area contributed by atoms with Crippen molar-refractivity contribution in [2.75, 3.05) is 5.32 Å². The lowest BCUT2D eigenvalue weighted by Gasteiger charge is -2.06. The summed E-state index contributed by atoms with van der Waals surface area (Å²) in [6, 6.07) is 4.53. The van der Waals surface area contributed by atoms with Gasteiger partial charge in [-0.15, -0.1) is 17.8 Å². The molecule has 23 heavy (non-hydrogen) atoms. The summed E-state index contributed by atoms with van der Waals surface area (Å²) in [7, 11) is 0. The van der Waals surface area contributed by atoms with Crippen LogP contribution in [0.1, 0.15) is 27.2 Å². The summed E-state index contributed by atoms with van der Waals surface area (Å²) in [6.07, 6.45) is 5.58. The van der Waals surface area contributed by atoms with E-state index in [2.05, 4.69) is 16.2 Å². The molecule has 3 heterocycles. The lowest BCUT2D eigenvalue weighted by Crippen LogP contribution is -2.17. The summed E-state index contributed by atoms with van der Waals surface area (Å²) >= 11 is 7.75. The highest BCUT2D eigenvalue weighted by Crippen LogP contribution is 2.32. The van der Waals surface area contributed by atoms with Crippen LogP contribution >= 0.6 is 22.9 Å². The van der Waals surface area contributed by atoms with Crippen LogP contribution in [0, 0.1) is 12.3 Å². The average molecular weight is 349 g/mol. The molecule has 0 amide bonds. The van der Waals surface area contributed by atoms with Gasteiger partial charge in [-0.3, -0.25) is 0 Å². The fourth-order valence-electron chi connectivity index (χ4n) is 2.30. The van der Waals surface area contributed by atoms with Gasteiger partial charge in [0.2, 0.25) is 0 Å². The van der Waals surface area contributed by atoms with E-state index in [1.54, 1.807) is 17.4 Å². The van der Waals surface area contributed by atoms with Crippen LogP contribution in [0.4, 0.5) is 5.69 Å². The second-order valence-corrected chi connectivity index (χ2v) is 6.38. The first kappa shape index (κ1) is 12.4. The van der Waals surface area contributed by atoms with E-state index in [-0.39, 0.29) is 11.6 Å². The second kappa shape index (κ2) is 6.63. The summed E-state index contributed by atoms with van der Waals surface area (Å²) in [5, 5.41) is 5.51. The third-order valence-electron chi connectivity index (χ3n) is 3.27. The largest absolute Gasteiger partial charge is 0.456 e. The Morgan fingerprint density at radius 1 is 1.65 bits per heavy atom. The van der Waals surface area contributed by atoms with Crippen molar-refractivity contribution in [3.8, 4) is 12.3 Å². The average Bonchev–Trinajstić information content (AvgIpc) is 3.19. The van der Waals surface area contributed by atoms with Crippen molar-refractivity contribution < 1.29 is 8.53 Å². The topological polar surface area (TPSA) is 64.1 Å². The van der Waals surface area contributed by atoms with Gasteiger partial charge in [-0.2, -0.15) is 0 Å². The zero-order valence-corrected chi connectivity index (χ0v) is 13.7. The van der Waals surface area contributed by atoms with E-state index < -0.39 is 12.9 Å². The van der Waals surface area contributed by atoms with Gasteiger partial charge in [0, 0.05) is 34.1 Å². The number of anilines is 1. The SMILES string of the molecule is [2H]C([2H])([2H])C(N)Cc1oc2c(NCc3cccs3)cc(Cl)nc2c1C#C. The Balaban J connectivity index is 2.00. The lowest BCUT2D eigenvalue weighted by atomic mass is 10.1. The molecule has 0 aliphatic rings.